The number of nitrogens with one attached hydrogen (secondary N) is 1. The fourth-order valence-electron chi connectivity index (χ4n) is 2.89. The lowest BCUT2D eigenvalue weighted by molar-refractivity contribution is -0.123. The molecule has 1 saturated heterocycles. The largest absolute Gasteiger partial charge is 0.387 e. The molecule has 5 heteroatoms. The molecule has 0 spiro atoms. The lowest BCUT2D eigenvalue weighted by Gasteiger charge is -2.35. The van der Waals surface area contributed by atoms with Crippen molar-refractivity contribution in [3.8, 4) is 0 Å². The number of aliphatic hydroxyl groups excluding tert-OH is 1. The average Bonchev–Trinajstić information content (AvgIpc) is 2.57. The van der Waals surface area contributed by atoms with Crippen molar-refractivity contribution >= 4 is 5.91 Å². The van der Waals surface area contributed by atoms with Crippen LogP contribution in [-0.4, -0.2) is 66.1 Å². The Bertz CT molecular complexity index is 510. The summed E-state index contributed by atoms with van der Waals surface area (Å²) in [6.07, 6.45) is 0.502. The minimum atomic E-state index is -0.453. The van der Waals surface area contributed by atoms with Crippen molar-refractivity contribution in [1.82, 2.24) is 15.1 Å². The third-order valence-electron chi connectivity index (χ3n) is 4.75. The molecule has 1 fully saturated rings. The molecule has 2 unspecified atom stereocenters. The summed E-state index contributed by atoms with van der Waals surface area (Å²) in [4.78, 5) is 16.4. The van der Waals surface area contributed by atoms with Gasteiger partial charge in [0.25, 0.3) is 0 Å². The summed E-state index contributed by atoms with van der Waals surface area (Å²) >= 11 is 0. The standard InChI is InChI=1S/C19H31N3O2/c1-4-16(3)20-19(24)14-22-11-9-21(10-12-22)13-18(23)17-7-5-15(2)6-8-17/h5-8,16,18,23H,4,9-14H2,1-3H3,(H,20,24). The van der Waals surface area contributed by atoms with Gasteiger partial charge in [-0.25, -0.2) is 0 Å². The van der Waals surface area contributed by atoms with Gasteiger partial charge in [0.05, 0.1) is 12.6 Å². The van der Waals surface area contributed by atoms with Crippen molar-refractivity contribution in [2.24, 2.45) is 0 Å². The van der Waals surface area contributed by atoms with Crippen LogP contribution in [0, 0.1) is 6.92 Å². The van der Waals surface area contributed by atoms with Crippen LogP contribution in [0.25, 0.3) is 0 Å². The molecule has 0 aliphatic carbocycles. The summed E-state index contributed by atoms with van der Waals surface area (Å²) in [5.41, 5.74) is 2.17. The van der Waals surface area contributed by atoms with Gasteiger partial charge >= 0.3 is 0 Å². The van der Waals surface area contributed by atoms with Gasteiger partial charge in [-0.05, 0) is 25.8 Å². The maximum atomic E-state index is 11.9. The maximum absolute atomic E-state index is 11.9. The number of rotatable bonds is 7. The predicted molar refractivity (Wildman–Crippen MR) is 96.9 cm³/mol. The summed E-state index contributed by atoms with van der Waals surface area (Å²) < 4.78 is 0. The lowest BCUT2D eigenvalue weighted by atomic mass is 10.1. The molecule has 0 saturated carbocycles. The van der Waals surface area contributed by atoms with E-state index < -0.39 is 6.10 Å². The summed E-state index contributed by atoms with van der Waals surface area (Å²) in [7, 11) is 0. The molecule has 134 valence electrons. The highest BCUT2D eigenvalue weighted by atomic mass is 16.3. The van der Waals surface area contributed by atoms with Crippen LogP contribution in [0.15, 0.2) is 24.3 Å². The minimum Gasteiger partial charge on any atom is -0.387 e. The van der Waals surface area contributed by atoms with Crippen molar-refractivity contribution in [1.29, 1.82) is 0 Å². The first-order chi connectivity index (χ1) is 11.5. The summed E-state index contributed by atoms with van der Waals surface area (Å²) in [5, 5.41) is 13.4. The van der Waals surface area contributed by atoms with Crippen LogP contribution in [-0.2, 0) is 4.79 Å². The average molecular weight is 333 g/mol. The van der Waals surface area contributed by atoms with Crippen LogP contribution in [0.3, 0.4) is 0 Å². The number of carbonyl (C=O) groups is 1. The van der Waals surface area contributed by atoms with E-state index >= 15 is 0 Å². The van der Waals surface area contributed by atoms with E-state index in [2.05, 4.69) is 22.0 Å². The molecule has 2 N–H and O–H groups in total. The van der Waals surface area contributed by atoms with E-state index in [0.29, 0.717) is 13.1 Å². The van der Waals surface area contributed by atoms with Gasteiger partial charge in [-0.2, -0.15) is 0 Å². The molecule has 24 heavy (non-hydrogen) atoms. The highest BCUT2D eigenvalue weighted by Crippen LogP contribution is 2.16. The number of hydrogen-bond donors (Lipinski definition) is 2. The van der Waals surface area contributed by atoms with E-state index in [1.54, 1.807) is 0 Å². The first-order valence-electron chi connectivity index (χ1n) is 8.96. The fourth-order valence-corrected chi connectivity index (χ4v) is 2.89. The van der Waals surface area contributed by atoms with Gasteiger partial charge in [-0.3, -0.25) is 14.6 Å². The second-order valence-electron chi connectivity index (χ2n) is 6.88. The third-order valence-corrected chi connectivity index (χ3v) is 4.75. The lowest BCUT2D eigenvalue weighted by Crippen LogP contribution is -2.50. The van der Waals surface area contributed by atoms with Gasteiger partial charge in [0.1, 0.15) is 0 Å². The Hall–Kier alpha value is -1.43. The van der Waals surface area contributed by atoms with E-state index in [1.807, 2.05) is 38.1 Å². The Morgan fingerprint density at radius 2 is 1.75 bits per heavy atom. The molecular weight excluding hydrogens is 302 g/mol. The Kier molecular flexibility index (Phi) is 7.21. The number of aliphatic hydroxyl groups is 1. The number of piperazine rings is 1. The molecular formula is C19H31N3O2. The second kappa shape index (κ2) is 9.16. The monoisotopic (exact) mass is 333 g/mol. The first kappa shape index (κ1) is 18.9. The minimum absolute atomic E-state index is 0.109. The van der Waals surface area contributed by atoms with Gasteiger partial charge in [0, 0.05) is 38.8 Å². The zero-order valence-electron chi connectivity index (χ0n) is 15.2. The molecule has 5 nitrogen and oxygen atoms in total. The molecule has 2 rings (SSSR count). The quantitative estimate of drug-likeness (QED) is 0.795. The van der Waals surface area contributed by atoms with Gasteiger partial charge in [-0.1, -0.05) is 36.8 Å². The maximum Gasteiger partial charge on any atom is 0.234 e. The molecule has 1 heterocycles. The third kappa shape index (κ3) is 5.89. The van der Waals surface area contributed by atoms with Gasteiger partial charge in [0.2, 0.25) is 5.91 Å². The van der Waals surface area contributed by atoms with E-state index in [0.717, 1.165) is 38.2 Å². The van der Waals surface area contributed by atoms with Crippen LogP contribution in [0.4, 0.5) is 0 Å². The molecule has 1 aromatic rings. The highest BCUT2D eigenvalue weighted by Gasteiger charge is 2.21. The van der Waals surface area contributed by atoms with Crippen molar-refractivity contribution in [2.45, 2.75) is 39.3 Å². The zero-order valence-corrected chi connectivity index (χ0v) is 15.2. The summed E-state index contributed by atoms with van der Waals surface area (Å²) in [6.45, 7) is 10.8. The van der Waals surface area contributed by atoms with Crippen LogP contribution in [0.1, 0.15) is 37.5 Å². The number of hydrogen-bond acceptors (Lipinski definition) is 4. The molecule has 1 aromatic carbocycles. The van der Waals surface area contributed by atoms with Crippen LogP contribution >= 0.6 is 0 Å². The Balaban J connectivity index is 1.72. The van der Waals surface area contributed by atoms with E-state index in [-0.39, 0.29) is 11.9 Å². The van der Waals surface area contributed by atoms with Crippen LogP contribution in [0.5, 0.6) is 0 Å². The SMILES string of the molecule is CCC(C)NC(=O)CN1CCN(CC(O)c2ccc(C)cc2)CC1. The topological polar surface area (TPSA) is 55.8 Å². The molecule has 0 radical (unpaired) electrons. The van der Waals surface area contributed by atoms with E-state index in [9.17, 15) is 9.90 Å². The zero-order chi connectivity index (χ0) is 17.5. The first-order valence-corrected chi connectivity index (χ1v) is 8.96. The number of β-amino-alcohol motifs (C(OH)–C–C–N with tert-alkyl or cyclic N) is 1. The highest BCUT2D eigenvalue weighted by molar-refractivity contribution is 5.78. The Labute approximate surface area is 145 Å². The molecule has 0 aromatic heterocycles. The number of amides is 1. The van der Waals surface area contributed by atoms with Gasteiger partial charge in [-0.15, -0.1) is 0 Å². The number of aryl methyl sites for hydroxylation is 1. The van der Waals surface area contributed by atoms with Crippen molar-refractivity contribution < 1.29 is 9.90 Å². The molecule has 1 aliphatic heterocycles. The Morgan fingerprint density at radius 1 is 1.17 bits per heavy atom. The summed E-state index contributed by atoms with van der Waals surface area (Å²) in [5.74, 6) is 0.109. The van der Waals surface area contributed by atoms with Crippen molar-refractivity contribution in [3.63, 3.8) is 0 Å². The van der Waals surface area contributed by atoms with Crippen LogP contribution < -0.4 is 5.32 Å². The normalized spacial score (nSPS) is 19.0. The number of nitrogens with zero attached hydrogens (tertiary/aromatic N) is 2. The Morgan fingerprint density at radius 3 is 2.33 bits per heavy atom. The van der Waals surface area contributed by atoms with E-state index in [4.69, 9.17) is 0 Å². The van der Waals surface area contributed by atoms with Crippen LogP contribution in [0.2, 0.25) is 0 Å². The van der Waals surface area contributed by atoms with Gasteiger partial charge < -0.3 is 10.4 Å². The van der Waals surface area contributed by atoms with Gasteiger partial charge in [0.15, 0.2) is 0 Å². The van der Waals surface area contributed by atoms with Crippen molar-refractivity contribution in [2.75, 3.05) is 39.3 Å². The fraction of sp³-hybridized carbons (Fsp3) is 0.632. The molecule has 1 aliphatic rings. The molecule has 1 amide bonds. The summed E-state index contributed by atoms with van der Waals surface area (Å²) in [6, 6.07) is 8.30. The molecule has 0 bridgehead atoms. The smallest absolute Gasteiger partial charge is 0.234 e. The van der Waals surface area contributed by atoms with Crippen molar-refractivity contribution in [3.05, 3.63) is 35.4 Å². The number of benzene rings is 1. The number of carbonyl (C=O) groups excluding carboxylic acids is 1. The second-order valence-corrected chi connectivity index (χ2v) is 6.88. The van der Waals surface area contributed by atoms with E-state index in [1.165, 1.54) is 5.56 Å². The molecule has 2 atom stereocenters. The predicted octanol–water partition coefficient (Wildman–Crippen LogP) is 1.56.